The molecule has 0 atom stereocenters. The number of piperidine rings is 1. The number of nitrogen functional groups attached to an aromatic ring is 1. The number of aromatic nitrogens is 1. The first kappa shape index (κ1) is 19.3. The Morgan fingerprint density at radius 1 is 1.21 bits per heavy atom. The number of thiophene rings is 1. The molecule has 1 aliphatic heterocycles. The number of amides is 1. The number of fused-ring (bicyclic) bond motifs is 1. The zero-order chi connectivity index (χ0) is 20.7. The predicted octanol–water partition coefficient (Wildman–Crippen LogP) is 3.21. The lowest BCUT2D eigenvalue weighted by Crippen LogP contribution is -2.40. The molecule has 0 radical (unpaired) electrons. The van der Waals surface area contributed by atoms with Crippen LogP contribution in [-0.2, 0) is 0 Å². The number of rotatable bonds is 3. The lowest BCUT2D eigenvalue weighted by atomic mass is 10.0. The third kappa shape index (κ3) is 3.68. The van der Waals surface area contributed by atoms with Crippen molar-refractivity contribution in [2.45, 2.75) is 18.9 Å². The maximum Gasteiger partial charge on any atom is 0.410 e. The molecule has 1 aromatic carbocycles. The second-order valence-corrected chi connectivity index (χ2v) is 7.84. The van der Waals surface area contributed by atoms with Gasteiger partial charge in [-0.2, -0.15) is 0 Å². The SMILES string of the molecule is NC(=O)Oc1sc2nc(N3CCC(N)CC3)cc(-c3ccc(F)cc3F)c2c1N. The van der Waals surface area contributed by atoms with Gasteiger partial charge in [0.15, 0.2) is 0 Å². The molecule has 152 valence electrons. The summed E-state index contributed by atoms with van der Waals surface area (Å²) in [7, 11) is 0. The average molecular weight is 419 g/mol. The quantitative estimate of drug-likeness (QED) is 0.600. The van der Waals surface area contributed by atoms with Gasteiger partial charge < -0.3 is 26.8 Å². The molecule has 0 spiro atoms. The zero-order valence-electron chi connectivity index (χ0n) is 15.3. The van der Waals surface area contributed by atoms with Gasteiger partial charge in [0.25, 0.3) is 0 Å². The second kappa shape index (κ2) is 7.45. The number of nitrogens with zero attached hydrogens (tertiary/aromatic N) is 2. The zero-order valence-corrected chi connectivity index (χ0v) is 16.1. The summed E-state index contributed by atoms with van der Waals surface area (Å²) in [5, 5.41) is 0.510. The third-order valence-electron chi connectivity index (χ3n) is 4.93. The maximum atomic E-state index is 14.6. The van der Waals surface area contributed by atoms with Gasteiger partial charge in [0.2, 0.25) is 5.06 Å². The van der Waals surface area contributed by atoms with Crippen molar-refractivity contribution in [1.82, 2.24) is 4.98 Å². The van der Waals surface area contributed by atoms with E-state index in [2.05, 4.69) is 9.88 Å². The standard InChI is InChI=1S/C19H19F2N5O2S/c20-9-1-2-11(13(21)7-9)12-8-14(26-5-3-10(22)4-6-26)25-17-15(12)16(23)18(29-17)28-19(24)27/h1-2,7-8,10H,3-6,22-23H2,(H2,24,27). The second-order valence-electron chi connectivity index (χ2n) is 6.88. The molecule has 1 saturated heterocycles. The van der Waals surface area contributed by atoms with Crippen LogP contribution in [0, 0.1) is 11.6 Å². The molecule has 10 heteroatoms. The molecule has 29 heavy (non-hydrogen) atoms. The fourth-order valence-electron chi connectivity index (χ4n) is 3.47. The van der Waals surface area contributed by atoms with Gasteiger partial charge in [-0.15, -0.1) is 0 Å². The van der Waals surface area contributed by atoms with Crippen LogP contribution >= 0.6 is 11.3 Å². The van der Waals surface area contributed by atoms with Gasteiger partial charge in [-0.3, -0.25) is 0 Å². The smallest absolute Gasteiger partial charge is 0.397 e. The van der Waals surface area contributed by atoms with Crippen molar-refractivity contribution in [3.8, 4) is 16.2 Å². The van der Waals surface area contributed by atoms with E-state index in [1.807, 2.05) is 0 Å². The van der Waals surface area contributed by atoms with Gasteiger partial charge in [-0.1, -0.05) is 11.3 Å². The molecule has 0 aliphatic carbocycles. The topological polar surface area (TPSA) is 120 Å². The molecule has 3 heterocycles. The molecule has 0 unspecified atom stereocenters. The predicted molar refractivity (Wildman–Crippen MR) is 109 cm³/mol. The number of nitrogens with two attached hydrogens (primary N) is 3. The highest BCUT2D eigenvalue weighted by atomic mass is 32.1. The van der Waals surface area contributed by atoms with Gasteiger partial charge in [-0.25, -0.2) is 18.6 Å². The summed E-state index contributed by atoms with van der Waals surface area (Å²) in [5.74, 6) is -0.792. The molecule has 7 nitrogen and oxygen atoms in total. The average Bonchev–Trinajstić information content (AvgIpc) is 2.97. The minimum atomic E-state index is -1.01. The molecule has 1 fully saturated rings. The Kier molecular flexibility index (Phi) is 4.97. The minimum Gasteiger partial charge on any atom is -0.397 e. The number of pyridine rings is 1. The van der Waals surface area contributed by atoms with Gasteiger partial charge in [0.05, 0.1) is 5.69 Å². The molecular formula is C19H19F2N5O2S. The Bertz CT molecular complexity index is 1100. The molecule has 6 N–H and O–H groups in total. The van der Waals surface area contributed by atoms with Crippen LogP contribution in [-0.4, -0.2) is 30.2 Å². The molecule has 0 bridgehead atoms. The van der Waals surface area contributed by atoms with Crippen LogP contribution in [0.25, 0.3) is 21.3 Å². The van der Waals surface area contributed by atoms with Crippen LogP contribution in [0.15, 0.2) is 24.3 Å². The van der Waals surface area contributed by atoms with Crippen LogP contribution in [0.2, 0.25) is 0 Å². The Morgan fingerprint density at radius 3 is 2.59 bits per heavy atom. The summed E-state index contributed by atoms with van der Waals surface area (Å²) in [5.41, 5.74) is 18.0. The van der Waals surface area contributed by atoms with Crippen LogP contribution in [0.4, 0.5) is 25.1 Å². The lowest BCUT2D eigenvalue weighted by molar-refractivity contribution is 0.212. The number of carbonyl (C=O) groups is 1. The number of halogens is 2. The van der Waals surface area contributed by atoms with Crippen molar-refractivity contribution >= 4 is 39.2 Å². The van der Waals surface area contributed by atoms with E-state index in [1.165, 1.54) is 12.1 Å². The summed E-state index contributed by atoms with van der Waals surface area (Å²) >= 11 is 1.04. The molecule has 1 amide bonds. The summed E-state index contributed by atoms with van der Waals surface area (Å²) in [6.07, 6.45) is 0.605. The van der Waals surface area contributed by atoms with Crippen molar-refractivity contribution in [1.29, 1.82) is 0 Å². The third-order valence-corrected chi connectivity index (χ3v) is 5.91. The maximum absolute atomic E-state index is 14.6. The fraction of sp³-hybridized carbons (Fsp3) is 0.263. The fourth-order valence-corrected chi connectivity index (χ4v) is 4.44. The summed E-state index contributed by atoms with van der Waals surface area (Å²) < 4.78 is 33.0. The number of primary amides is 1. The van der Waals surface area contributed by atoms with E-state index in [0.717, 1.165) is 30.2 Å². The highest BCUT2D eigenvalue weighted by molar-refractivity contribution is 7.21. The van der Waals surface area contributed by atoms with E-state index in [1.54, 1.807) is 6.07 Å². The van der Waals surface area contributed by atoms with Gasteiger partial charge in [-0.05, 0) is 31.0 Å². The number of hydrogen-bond donors (Lipinski definition) is 3. The summed E-state index contributed by atoms with van der Waals surface area (Å²) in [6, 6.07) is 5.18. The molecule has 0 saturated carbocycles. The summed E-state index contributed by atoms with van der Waals surface area (Å²) in [4.78, 5) is 18.4. The van der Waals surface area contributed by atoms with Gasteiger partial charge in [0.1, 0.15) is 22.3 Å². The number of anilines is 2. The van der Waals surface area contributed by atoms with Gasteiger partial charge in [0, 0.05) is 41.7 Å². The largest absolute Gasteiger partial charge is 0.410 e. The number of carbonyl (C=O) groups excluding carboxylic acids is 1. The van der Waals surface area contributed by atoms with Crippen molar-refractivity contribution in [2.75, 3.05) is 23.7 Å². The Hall–Kier alpha value is -2.98. The molecule has 2 aromatic heterocycles. The monoisotopic (exact) mass is 419 g/mol. The first-order valence-electron chi connectivity index (χ1n) is 8.99. The molecule has 4 rings (SSSR count). The normalized spacial score (nSPS) is 15.1. The minimum absolute atomic E-state index is 0.0848. The first-order valence-corrected chi connectivity index (χ1v) is 9.81. The van der Waals surface area contributed by atoms with Crippen LogP contribution < -0.4 is 26.8 Å². The van der Waals surface area contributed by atoms with Crippen molar-refractivity contribution in [3.05, 3.63) is 35.9 Å². The highest BCUT2D eigenvalue weighted by Gasteiger charge is 2.24. The number of benzene rings is 1. The van der Waals surface area contributed by atoms with Crippen molar-refractivity contribution in [3.63, 3.8) is 0 Å². The van der Waals surface area contributed by atoms with Crippen molar-refractivity contribution < 1.29 is 18.3 Å². The Balaban J connectivity index is 1.92. The highest BCUT2D eigenvalue weighted by Crippen LogP contribution is 2.45. The van der Waals surface area contributed by atoms with E-state index in [-0.39, 0.29) is 22.4 Å². The van der Waals surface area contributed by atoms with Crippen LogP contribution in [0.5, 0.6) is 5.06 Å². The van der Waals surface area contributed by atoms with Crippen LogP contribution in [0.3, 0.4) is 0 Å². The van der Waals surface area contributed by atoms with E-state index in [4.69, 9.17) is 21.9 Å². The van der Waals surface area contributed by atoms with E-state index in [9.17, 15) is 13.6 Å². The van der Waals surface area contributed by atoms with Crippen molar-refractivity contribution in [2.24, 2.45) is 11.5 Å². The van der Waals surface area contributed by atoms with E-state index >= 15 is 0 Å². The molecule has 3 aromatic rings. The number of hydrogen-bond acceptors (Lipinski definition) is 7. The molecule has 1 aliphatic rings. The summed E-state index contributed by atoms with van der Waals surface area (Å²) in [6.45, 7) is 1.41. The molecular weight excluding hydrogens is 400 g/mol. The Labute approximate surface area is 169 Å². The number of ether oxygens (including phenoxy) is 1. The van der Waals surface area contributed by atoms with E-state index < -0.39 is 17.7 Å². The lowest BCUT2D eigenvalue weighted by Gasteiger charge is -2.31. The van der Waals surface area contributed by atoms with E-state index in [0.29, 0.717) is 34.7 Å². The van der Waals surface area contributed by atoms with Crippen LogP contribution in [0.1, 0.15) is 12.8 Å². The van der Waals surface area contributed by atoms with Gasteiger partial charge >= 0.3 is 6.09 Å². The Morgan fingerprint density at radius 2 is 1.93 bits per heavy atom. The first-order chi connectivity index (χ1) is 13.8.